The predicted molar refractivity (Wildman–Crippen MR) is 196 cm³/mol. The van der Waals surface area contributed by atoms with Crippen LogP contribution in [0.5, 0.6) is 0 Å². The Kier molecular flexibility index (Phi) is 7.06. The van der Waals surface area contributed by atoms with Crippen LogP contribution in [0.1, 0.15) is 56.2 Å². The van der Waals surface area contributed by atoms with Gasteiger partial charge in [0.05, 0.1) is 11.6 Å². The van der Waals surface area contributed by atoms with Gasteiger partial charge >= 0.3 is 0 Å². The summed E-state index contributed by atoms with van der Waals surface area (Å²) in [5, 5.41) is 10.0. The van der Waals surface area contributed by atoms with Crippen molar-refractivity contribution in [3.63, 3.8) is 0 Å². The normalized spacial score (nSPS) is 23.4. The number of aromatic nitrogens is 3. The molecule has 0 radical (unpaired) electrons. The first-order valence-corrected chi connectivity index (χ1v) is 17.7. The number of nitrogens with zero attached hydrogens (tertiary/aromatic N) is 4. The molecule has 4 nitrogen and oxygen atoms in total. The molecule has 2 saturated carbocycles. The molecule has 3 aliphatic carbocycles. The lowest BCUT2D eigenvalue weighted by Crippen LogP contribution is -2.49. The summed E-state index contributed by atoms with van der Waals surface area (Å²) in [6.07, 6.45) is 5.07. The highest BCUT2D eigenvalue weighted by Gasteiger charge is 2.57. The van der Waals surface area contributed by atoms with Gasteiger partial charge in [-0.1, -0.05) is 123 Å². The van der Waals surface area contributed by atoms with Crippen LogP contribution in [0.15, 0.2) is 121 Å². The average molecular weight is 635 g/mol. The highest BCUT2D eigenvalue weighted by Crippen LogP contribution is 2.66. The van der Waals surface area contributed by atoms with Crippen LogP contribution in [0.3, 0.4) is 0 Å². The standard InChI is InChI=1S/C45H38N4/c1-28-22-31-24-29(2)45(36(23-28)25-31)40-26-30(27-46)16-21-38(40)39-15-9-14-37(41(39)45)32-17-19-35(20-18-32)44-48-42(33-10-5-3-6-11-33)47-43(49-44)34-12-7-4-8-13-34/h3-21,26,28-29,31,36H,22-25H2,1-2H3. The fourth-order valence-electron chi connectivity index (χ4n) is 9.86. The van der Waals surface area contributed by atoms with Gasteiger partial charge in [-0.3, -0.25) is 0 Å². The quantitative estimate of drug-likeness (QED) is 0.194. The number of rotatable bonds is 4. The molecule has 0 N–H and O–H groups in total. The first kappa shape index (κ1) is 29.7. The Bertz CT molecular complexity index is 2170. The van der Waals surface area contributed by atoms with Gasteiger partial charge in [0, 0.05) is 22.1 Å². The second kappa shape index (κ2) is 11.6. The molecule has 0 amide bonds. The Labute approximate surface area is 288 Å². The summed E-state index contributed by atoms with van der Waals surface area (Å²) in [4.78, 5) is 14.8. The first-order chi connectivity index (χ1) is 24.0. The van der Waals surface area contributed by atoms with E-state index in [1.54, 1.807) is 0 Å². The maximum absolute atomic E-state index is 10.0. The molecule has 49 heavy (non-hydrogen) atoms. The zero-order chi connectivity index (χ0) is 33.1. The number of hydrogen-bond donors (Lipinski definition) is 0. The third kappa shape index (κ3) is 4.75. The van der Waals surface area contributed by atoms with Crippen LogP contribution in [0.2, 0.25) is 0 Å². The van der Waals surface area contributed by atoms with Crippen LogP contribution >= 0.6 is 0 Å². The molecule has 2 fully saturated rings. The van der Waals surface area contributed by atoms with Gasteiger partial charge in [-0.25, -0.2) is 15.0 Å². The van der Waals surface area contributed by atoms with Crippen molar-refractivity contribution in [3.05, 3.63) is 138 Å². The fraction of sp³-hybridized carbons (Fsp3) is 0.244. The van der Waals surface area contributed by atoms with Crippen LogP contribution in [0.4, 0.5) is 0 Å². The number of fused-ring (bicyclic) bond motifs is 8. The monoisotopic (exact) mass is 634 g/mol. The van der Waals surface area contributed by atoms with E-state index in [4.69, 9.17) is 15.0 Å². The maximum Gasteiger partial charge on any atom is 0.164 e. The molecule has 3 aliphatic rings. The lowest BCUT2D eigenvalue weighted by molar-refractivity contribution is 0.0428. The molecule has 9 rings (SSSR count). The SMILES string of the molecule is CC1CC2CC(C)C3(c4cc(C#N)ccc4-c4cccc(-c5ccc(-c6nc(-c7ccccc7)nc(-c7ccccc7)n6)cc5)c43)C(C1)C2. The van der Waals surface area contributed by atoms with Crippen molar-refractivity contribution in [3.8, 4) is 62.5 Å². The van der Waals surface area contributed by atoms with Crippen molar-refractivity contribution in [1.29, 1.82) is 5.26 Å². The molecule has 1 aromatic heterocycles. The molecule has 238 valence electrons. The van der Waals surface area contributed by atoms with E-state index in [-0.39, 0.29) is 5.41 Å². The van der Waals surface area contributed by atoms with Crippen molar-refractivity contribution in [2.24, 2.45) is 23.7 Å². The van der Waals surface area contributed by atoms with E-state index in [9.17, 15) is 5.26 Å². The van der Waals surface area contributed by atoms with Crippen LogP contribution in [0.25, 0.3) is 56.4 Å². The second-order valence-corrected chi connectivity index (χ2v) is 14.6. The van der Waals surface area contributed by atoms with Gasteiger partial charge in [0.2, 0.25) is 0 Å². The summed E-state index contributed by atoms with van der Waals surface area (Å²) in [6.45, 7) is 4.94. The molecule has 6 aromatic rings. The Morgan fingerprint density at radius 1 is 0.571 bits per heavy atom. The topological polar surface area (TPSA) is 62.5 Å². The van der Waals surface area contributed by atoms with E-state index >= 15 is 0 Å². The number of hydrogen-bond acceptors (Lipinski definition) is 4. The van der Waals surface area contributed by atoms with E-state index in [1.807, 2.05) is 66.7 Å². The Balaban J connectivity index is 1.18. The summed E-state index contributed by atoms with van der Waals surface area (Å²) >= 11 is 0. The van der Waals surface area contributed by atoms with Gasteiger partial charge < -0.3 is 0 Å². The highest BCUT2D eigenvalue weighted by molar-refractivity contribution is 5.89. The van der Waals surface area contributed by atoms with Crippen molar-refractivity contribution >= 4 is 0 Å². The zero-order valence-electron chi connectivity index (χ0n) is 28.0. The van der Waals surface area contributed by atoms with Crippen LogP contribution in [-0.2, 0) is 5.41 Å². The largest absolute Gasteiger partial charge is 0.208 e. The lowest BCUT2D eigenvalue weighted by atomic mass is 9.49. The second-order valence-electron chi connectivity index (χ2n) is 14.6. The van der Waals surface area contributed by atoms with E-state index in [0.717, 1.165) is 28.2 Å². The molecular weight excluding hydrogens is 597 g/mol. The predicted octanol–water partition coefficient (Wildman–Crippen LogP) is 10.8. The molecule has 5 atom stereocenters. The summed E-state index contributed by atoms with van der Waals surface area (Å²) < 4.78 is 0. The van der Waals surface area contributed by atoms with Gasteiger partial charge in [-0.2, -0.15) is 5.26 Å². The van der Waals surface area contributed by atoms with Gasteiger partial charge in [0.1, 0.15) is 0 Å². The minimum absolute atomic E-state index is 0.110. The average Bonchev–Trinajstić information content (AvgIpc) is 3.45. The smallest absolute Gasteiger partial charge is 0.164 e. The molecule has 0 aliphatic heterocycles. The summed E-state index contributed by atoms with van der Waals surface area (Å²) in [6, 6.07) is 44.9. The van der Waals surface area contributed by atoms with E-state index in [2.05, 4.69) is 74.5 Å². The summed E-state index contributed by atoms with van der Waals surface area (Å²) in [7, 11) is 0. The third-order valence-electron chi connectivity index (χ3n) is 11.7. The van der Waals surface area contributed by atoms with Crippen molar-refractivity contribution in [2.75, 3.05) is 0 Å². The van der Waals surface area contributed by atoms with E-state index in [0.29, 0.717) is 35.2 Å². The zero-order valence-corrected chi connectivity index (χ0v) is 28.0. The molecule has 5 unspecified atom stereocenters. The van der Waals surface area contributed by atoms with Gasteiger partial charge in [-0.15, -0.1) is 0 Å². The Hall–Kier alpha value is -5.40. The van der Waals surface area contributed by atoms with Crippen LogP contribution < -0.4 is 0 Å². The molecule has 5 aromatic carbocycles. The third-order valence-corrected chi connectivity index (χ3v) is 11.7. The minimum atomic E-state index is -0.110. The maximum atomic E-state index is 10.0. The Morgan fingerprint density at radius 3 is 1.80 bits per heavy atom. The number of benzene rings is 5. The fourth-order valence-corrected chi connectivity index (χ4v) is 9.86. The number of nitriles is 1. The first-order valence-electron chi connectivity index (χ1n) is 17.7. The van der Waals surface area contributed by atoms with Crippen LogP contribution in [-0.4, -0.2) is 15.0 Å². The molecule has 1 spiro atoms. The van der Waals surface area contributed by atoms with Gasteiger partial charge in [-0.05, 0) is 94.9 Å². The van der Waals surface area contributed by atoms with Crippen LogP contribution in [0, 0.1) is 35.0 Å². The van der Waals surface area contributed by atoms with Crippen molar-refractivity contribution < 1.29 is 0 Å². The molecule has 1 heterocycles. The lowest BCUT2D eigenvalue weighted by Gasteiger charge is -2.55. The molecular formula is C45H38N4. The molecule has 4 heteroatoms. The molecule has 2 bridgehead atoms. The summed E-state index contributed by atoms with van der Waals surface area (Å²) in [5.41, 5.74) is 11.5. The minimum Gasteiger partial charge on any atom is -0.208 e. The Morgan fingerprint density at radius 2 is 1.16 bits per heavy atom. The van der Waals surface area contributed by atoms with E-state index < -0.39 is 0 Å². The summed E-state index contributed by atoms with van der Waals surface area (Å²) in [5.74, 6) is 4.53. The molecule has 0 saturated heterocycles. The van der Waals surface area contributed by atoms with Crippen molar-refractivity contribution in [2.45, 2.75) is 44.9 Å². The van der Waals surface area contributed by atoms with Gasteiger partial charge in [0.25, 0.3) is 0 Å². The van der Waals surface area contributed by atoms with Gasteiger partial charge in [0.15, 0.2) is 17.5 Å². The van der Waals surface area contributed by atoms with E-state index in [1.165, 1.54) is 59.1 Å². The highest BCUT2D eigenvalue weighted by atomic mass is 15.0. The van der Waals surface area contributed by atoms with Crippen molar-refractivity contribution in [1.82, 2.24) is 15.0 Å².